The Balaban J connectivity index is 1.56. The van der Waals surface area contributed by atoms with E-state index >= 15 is 0 Å². The van der Waals surface area contributed by atoms with Crippen molar-refractivity contribution < 1.29 is 14.3 Å². The quantitative estimate of drug-likeness (QED) is 0.871. The summed E-state index contributed by atoms with van der Waals surface area (Å²) in [4.78, 5) is 14.1. The molecule has 4 nitrogen and oxygen atoms in total. The van der Waals surface area contributed by atoms with Crippen LogP contribution in [0.4, 0.5) is 0 Å². The van der Waals surface area contributed by atoms with Crippen molar-refractivity contribution >= 4 is 5.91 Å². The van der Waals surface area contributed by atoms with Gasteiger partial charge < -0.3 is 14.4 Å². The molecular weight excluding hydrogens is 278 g/mol. The van der Waals surface area contributed by atoms with Crippen LogP contribution in [0.25, 0.3) is 0 Å². The van der Waals surface area contributed by atoms with Gasteiger partial charge in [0.25, 0.3) is 5.91 Å². The van der Waals surface area contributed by atoms with E-state index in [4.69, 9.17) is 9.47 Å². The molecule has 1 fully saturated rings. The van der Waals surface area contributed by atoms with Crippen LogP contribution in [-0.2, 0) is 9.53 Å². The lowest BCUT2D eigenvalue weighted by molar-refractivity contribution is -0.141. The molecule has 0 bridgehead atoms. The number of carbonyl (C=O) groups is 1. The minimum Gasteiger partial charge on any atom is -0.484 e. The highest BCUT2D eigenvalue weighted by atomic mass is 16.5. The van der Waals surface area contributed by atoms with E-state index in [-0.39, 0.29) is 18.6 Å². The van der Waals surface area contributed by atoms with Crippen LogP contribution in [0.5, 0.6) is 5.75 Å². The molecule has 0 aromatic heterocycles. The first-order chi connectivity index (χ1) is 10.8. The van der Waals surface area contributed by atoms with E-state index in [9.17, 15) is 4.79 Å². The van der Waals surface area contributed by atoms with Gasteiger partial charge in [0.05, 0.1) is 13.2 Å². The molecule has 0 aliphatic carbocycles. The first-order valence-electron chi connectivity index (χ1n) is 7.45. The summed E-state index contributed by atoms with van der Waals surface area (Å²) in [5, 5.41) is 0. The van der Waals surface area contributed by atoms with Gasteiger partial charge >= 0.3 is 0 Å². The molecule has 1 heterocycles. The number of benzene rings is 2. The third kappa shape index (κ3) is 3.65. The number of nitrogens with zero attached hydrogens (tertiary/aromatic N) is 1. The standard InChI is InChI=1S/C18H19NO3/c20-18(14-22-16-9-5-2-6-10-16)19-11-12-21-17(13-19)15-7-3-1-4-8-15/h1-10,17H,11-14H2/t17-/m0/s1. The molecule has 1 aliphatic heterocycles. The first kappa shape index (κ1) is 14.6. The Morgan fingerprint density at radius 2 is 1.77 bits per heavy atom. The molecule has 0 radical (unpaired) electrons. The summed E-state index contributed by atoms with van der Waals surface area (Å²) in [5.41, 5.74) is 1.10. The number of amides is 1. The highest BCUT2D eigenvalue weighted by Crippen LogP contribution is 2.22. The average molecular weight is 297 g/mol. The summed E-state index contributed by atoms with van der Waals surface area (Å²) in [5.74, 6) is 0.705. The monoisotopic (exact) mass is 297 g/mol. The summed E-state index contributed by atoms with van der Waals surface area (Å²) in [7, 11) is 0. The van der Waals surface area contributed by atoms with Crippen molar-refractivity contribution in [2.75, 3.05) is 26.3 Å². The van der Waals surface area contributed by atoms with Crippen molar-refractivity contribution in [1.29, 1.82) is 0 Å². The molecule has 2 aromatic carbocycles. The average Bonchev–Trinajstić information content (AvgIpc) is 2.61. The van der Waals surface area contributed by atoms with Gasteiger partial charge in [-0.2, -0.15) is 0 Å². The lowest BCUT2D eigenvalue weighted by Gasteiger charge is -2.33. The molecule has 22 heavy (non-hydrogen) atoms. The van der Waals surface area contributed by atoms with Crippen LogP contribution in [0.1, 0.15) is 11.7 Å². The van der Waals surface area contributed by atoms with Crippen molar-refractivity contribution in [3.63, 3.8) is 0 Å². The normalized spacial score (nSPS) is 18.0. The van der Waals surface area contributed by atoms with Crippen molar-refractivity contribution in [3.05, 3.63) is 66.2 Å². The second-order valence-corrected chi connectivity index (χ2v) is 5.21. The van der Waals surface area contributed by atoms with E-state index in [1.807, 2.05) is 65.6 Å². The zero-order chi connectivity index (χ0) is 15.2. The zero-order valence-corrected chi connectivity index (χ0v) is 12.4. The second-order valence-electron chi connectivity index (χ2n) is 5.21. The van der Waals surface area contributed by atoms with Crippen LogP contribution in [-0.4, -0.2) is 37.1 Å². The van der Waals surface area contributed by atoms with Gasteiger partial charge in [0, 0.05) is 6.54 Å². The molecule has 0 spiro atoms. The Morgan fingerprint density at radius 3 is 2.50 bits per heavy atom. The molecule has 114 valence electrons. The Hall–Kier alpha value is -2.33. The second kappa shape index (κ2) is 7.09. The van der Waals surface area contributed by atoms with E-state index < -0.39 is 0 Å². The van der Waals surface area contributed by atoms with E-state index in [1.165, 1.54) is 0 Å². The highest BCUT2D eigenvalue weighted by molar-refractivity contribution is 5.78. The van der Waals surface area contributed by atoms with Crippen LogP contribution in [0, 0.1) is 0 Å². The maximum atomic E-state index is 12.3. The van der Waals surface area contributed by atoms with E-state index in [2.05, 4.69) is 0 Å². The summed E-state index contributed by atoms with van der Waals surface area (Å²) < 4.78 is 11.3. The molecule has 3 rings (SSSR count). The Bertz CT molecular complexity index is 600. The smallest absolute Gasteiger partial charge is 0.260 e. The minimum absolute atomic E-state index is 0.00640. The topological polar surface area (TPSA) is 38.8 Å². The Labute approximate surface area is 130 Å². The van der Waals surface area contributed by atoms with E-state index in [1.54, 1.807) is 0 Å². The highest BCUT2D eigenvalue weighted by Gasteiger charge is 2.25. The zero-order valence-electron chi connectivity index (χ0n) is 12.4. The predicted molar refractivity (Wildman–Crippen MR) is 83.7 cm³/mol. The molecule has 0 unspecified atom stereocenters. The summed E-state index contributed by atoms with van der Waals surface area (Å²) >= 11 is 0. The van der Waals surface area contributed by atoms with Gasteiger partial charge in [0.15, 0.2) is 6.61 Å². The number of hydrogen-bond donors (Lipinski definition) is 0. The largest absolute Gasteiger partial charge is 0.484 e. The number of carbonyl (C=O) groups excluding carboxylic acids is 1. The third-order valence-corrected chi connectivity index (χ3v) is 3.70. The lowest BCUT2D eigenvalue weighted by Crippen LogP contribution is -2.44. The minimum atomic E-state index is -0.0596. The fourth-order valence-electron chi connectivity index (χ4n) is 2.50. The van der Waals surface area contributed by atoms with Gasteiger partial charge in [-0.05, 0) is 17.7 Å². The molecule has 1 aliphatic rings. The van der Waals surface area contributed by atoms with Crippen molar-refractivity contribution in [3.8, 4) is 5.75 Å². The lowest BCUT2D eigenvalue weighted by atomic mass is 10.1. The number of ether oxygens (including phenoxy) is 2. The Kier molecular flexibility index (Phi) is 4.71. The van der Waals surface area contributed by atoms with Crippen molar-refractivity contribution in [2.24, 2.45) is 0 Å². The fourth-order valence-corrected chi connectivity index (χ4v) is 2.50. The molecule has 0 N–H and O–H groups in total. The molecule has 0 saturated carbocycles. The van der Waals surface area contributed by atoms with Crippen molar-refractivity contribution in [2.45, 2.75) is 6.10 Å². The van der Waals surface area contributed by atoms with Gasteiger partial charge in [-0.1, -0.05) is 48.5 Å². The van der Waals surface area contributed by atoms with Crippen LogP contribution in [0.3, 0.4) is 0 Å². The van der Waals surface area contributed by atoms with E-state index in [0.717, 1.165) is 5.56 Å². The summed E-state index contributed by atoms with van der Waals surface area (Å²) in [6.07, 6.45) is -0.0596. The van der Waals surface area contributed by atoms with E-state index in [0.29, 0.717) is 25.4 Å². The van der Waals surface area contributed by atoms with Gasteiger partial charge in [-0.15, -0.1) is 0 Å². The van der Waals surface area contributed by atoms with Gasteiger partial charge in [0.1, 0.15) is 11.9 Å². The Morgan fingerprint density at radius 1 is 1.09 bits per heavy atom. The maximum absolute atomic E-state index is 12.3. The summed E-state index contributed by atoms with van der Waals surface area (Å²) in [6, 6.07) is 19.4. The molecular formula is C18H19NO3. The van der Waals surface area contributed by atoms with Crippen LogP contribution >= 0.6 is 0 Å². The molecule has 4 heteroatoms. The maximum Gasteiger partial charge on any atom is 0.260 e. The van der Waals surface area contributed by atoms with Crippen molar-refractivity contribution in [1.82, 2.24) is 4.90 Å². The molecule has 1 saturated heterocycles. The fraction of sp³-hybridized carbons (Fsp3) is 0.278. The van der Waals surface area contributed by atoms with Crippen LogP contribution in [0.15, 0.2) is 60.7 Å². The number of para-hydroxylation sites is 1. The third-order valence-electron chi connectivity index (χ3n) is 3.70. The predicted octanol–water partition coefficient (Wildman–Crippen LogP) is 2.67. The first-order valence-corrected chi connectivity index (χ1v) is 7.45. The molecule has 1 amide bonds. The molecule has 1 atom stereocenters. The number of morpholine rings is 1. The SMILES string of the molecule is O=C(COc1ccccc1)N1CCO[C@H](c2ccccc2)C1. The number of rotatable bonds is 4. The van der Waals surface area contributed by atoms with Gasteiger partial charge in [-0.25, -0.2) is 0 Å². The van der Waals surface area contributed by atoms with Gasteiger partial charge in [-0.3, -0.25) is 4.79 Å². The van der Waals surface area contributed by atoms with Crippen LogP contribution < -0.4 is 4.74 Å². The summed E-state index contributed by atoms with van der Waals surface area (Å²) in [6.45, 7) is 1.80. The van der Waals surface area contributed by atoms with Gasteiger partial charge in [0.2, 0.25) is 0 Å². The molecule has 2 aromatic rings. The number of hydrogen-bond acceptors (Lipinski definition) is 3. The van der Waals surface area contributed by atoms with Crippen LogP contribution in [0.2, 0.25) is 0 Å².